The van der Waals surface area contributed by atoms with Gasteiger partial charge in [0, 0.05) is 13.1 Å². The van der Waals surface area contributed by atoms with E-state index in [0.717, 1.165) is 4.90 Å². The van der Waals surface area contributed by atoms with Crippen LogP contribution in [0.25, 0.3) is 0 Å². The normalized spacial score (nSPS) is 22.9. The van der Waals surface area contributed by atoms with Crippen molar-refractivity contribution >= 4 is 28.4 Å². The number of quaternary nitrogens is 1. The number of unbranched alkanes of at least 4 members (excludes halogenated alkanes) is 4. The summed E-state index contributed by atoms with van der Waals surface area (Å²) >= 11 is 0. The monoisotopic (exact) mass is 705 g/mol. The summed E-state index contributed by atoms with van der Waals surface area (Å²) in [7, 11) is -4.88. The number of carbonyl (C=O) groups excluding carboxylic acids is 3. The lowest BCUT2D eigenvalue weighted by atomic mass is 9.72. The second-order valence-corrected chi connectivity index (χ2v) is 15.7. The highest BCUT2D eigenvalue weighted by atomic mass is 32.3. The van der Waals surface area contributed by atoms with Gasteiger partial charge in [-0.2, -0.15) is 13.5 Å². The molecule has 2 bridgehead atoms. The first-order valence-corrected chi connectivity index (χ1v) is 19.4. The largest absolute Gasteiger partial charge is 0.530 e. The Labute approximate surface area is 288 Å². The summed E-state index contributed by atoms with van der Waals surface area (Å²) < 4.78 is 36.5. The average molecular weight is 706 g/mol. The third-order valence-corrected chi connectivity index (χ3v) is 10.7. The summed E-state index contributed by atoms with van der Waals surface area (Å²) in [5.74, 6) is -0.623. The number of carbonyl (C=O) groups is 3. The molecule has 48 heavy (non-hydrogen) atoms. The Morgan fingerprint density at radius 2 is 1.50 bits per heavy atom. The maximum atomic E-state index is 12.7. The number of piperidine rings is 1. The molecule has 0 unspecified atom stereocenters. The van der Waals surface area contributed by atoms with Gasteiger partial charge in [0.25, 0.3) is 5.91 Å². The molecule has 4 amide bonds. The van der Waals surface area contributed by atoms with E-state index in [9.17, 15) is 27.9 Å². The summed E-state index contributed by atoms with van der Waals surface area (Å²) in [6, 6.07) is -2.39. The van der Waals surface area contributed by atoms with Gasteiger partial charge < -0.3 is 24.2 Å². The highest BCUT2D eigenvalue weighted by Gasteiger charge is 2.52. The zero-order chi connectivity index (χ0) is 36.2. The quantitative estimate of drug-likeness (QED) is 0.120. The van der Waals surface area contributed by atoms with E-state index in [1.807, 2.05) is 20.8 Å². The predicted octanol–water partition coefficient (Wildman–Crippen LogP) is 4.26. The first-order chi connectivity index (χ1) is 22.5. The van der Waals surface area contributed by atoms with Crippen molar-refractivity contribution < 1.29 is 46.1 Å². The number of nitrogens with one attached hydrogen (secondary N) is 1. The molecular weight excluding hydrogens is 642 g/mol. The van der Waals surface area contributed by atoms with Gasteiger partial charge in [-0.1, -0.05) is 74.1 Å². The van der Waals surface area contributed by atoms with Gasteiger partial charge >= 0.3 is 16.4 Å². The van der Waals surface area contributed by atoms with E-state index in [1.165, 1.54) is 86.9 Å². The predicted molar refractivity (Wildman–Crippen MR) is 180 cm³/mol. The Kier molecular flexibility index (Phi) is 16.3. The van der Waals surface area contributed by atoms with E-state index in [-0.39, 0.29) is 26.0 Å². The van der Waals surface area contributed by atoms with Gasteiger partial charge in [-0.3, -0.25) is 14.2 Å². The second kappa shape index (κ2) is 18.7. The highest BCUT2D eigenvalue weighted by Crippen LogP contribution is 2.43. The van der Waals surface area contributed by atoms with Crippen LogP contribution in [0.15, 0.2) is 0 Å². The number of carboxylic acid groups (broad SMARTS) is 1. The van der Waals surface area contributed by atoms with E-state index in [2.05, 4.69) is 37.5 Å². The molecule has 15 heteroatoms. The molecular formula is C33H63N5O9S. The van der Waals surface area contributed by atoms with Gasteiger partial charge in [-0.25, -0.2) is 10.3 Å². The fourth-order valence-corrected chi connectivity index (χ4v) is 7.72. The van der Waals surface area contributed by atoms with E-state index < -0.39 is 51.5 Å². The Hall–Kier alpha value is -2.20. The molecule has 3 rings (SSSR count). The fourth-order valence-electron chi connectivity index (χ4n) is 7.33. The number of likely N-dealkylation sites (tertiary alicyclic amines) is 1. The minimum absolute atomic E-state index is 0.0524. The van der Waals surface area contributed by atoms with Crippen molar-refractivity contribution in [3.8, 4) is 0 Å². The topological polar surface area (TPSA) is 169 Å². The van der Waals surface area contributed by atoms with Crippen molar-refractivity contribution in [3.63, 3.8) is 0 Å². The molecule has 280 valence electrons. The highest BCUT2D eigenvalue weighted by molar-refractivity contribution is 7.80. The number of urea groups is 1. The molecule has 0 saturated carbocycles. The summed E-state index contributed by atoms with van der Waals surface area (Å²) in [6.07, 6.45) is 11.4. The van der Waals surface area contributed by atoms with E-state index in [1.54, 1.807) is 0 Å². The molecule has 0 aromatic heterocycles. The third-order valence-electron chi connectivity index (χ3n) is 10.3. The van der Waals surface area contributed by atoms with Crippen molar-refractivity contribution in [1.82, 2.24) is 20.3 Å². The molecule has 3 atom stereocenters. The molecule has 3 saturated heterocycles. The standard InChI is InChI=1S/C17H28N4O9S.C16H36N/c1-16(2,3)17(7-4-8-20(17)15(24)25)10-29-18-13(22)12-6-5-11-9-19(12)14(23)21(11)30-31(26,27)28;1-5-9-13-17(14-10-6-2,15-11-7-3)16-12-8-4/h11-12H,4-10H2,1-3H3,(H,18,22)(H,24,25)(H,26,27,28);5-16H2,1-4H3/q;+1/p-1/t11-,12+,17+;/m1./s1. The van der Waals surface area contributed by atoms with Gasteiger partial charge in [-0.05, 0) is 56.8 Å². The third kappa shape index (κ3) is 11.2. The number of nitrogens with zero attached hydrogens (tertiary/aromatic N) is 4. The molecule has 3 heterocycles. The Morgan fingerprint density at radius 3 is 1.94 bits per heavy atom. The number of fused-ring (bicyclic) bond motifs is 2. The molecule has 3 fully saturated rings. The molecule has 3 aliphatic rings. The Bertz CT molecular complexity index is 1110. The van der Waals surface area contributed by atoms with Crippen molar-refractivity contribution in [1.29, 1.82) is 0 Å². The van der Waals surface area contributed by atoms with Gasteiger partial charge in [0.1, 0.15) is 12.1 Å². The fraction of sp³-hybridized carbons (Fsp3) is 0.909. The summed E-state index contributed by atoms with van der Waals surface area (Å²) in [4.78, 5) is 44.5. The lowest BCUT2D eigenvalue weighted by Crippen LogP contribution is -2.62. The van der Waals surface area contributed by atoms with Gasteiger partial charge in [0.2, 0.25) is 0 Å². The molecule has 3 aliphatic heterocycles. The summed E-state index contributed by atoms with van der Waals surface area (Å²) in [5.41, 5.74) is 0.919. The van der Waals surface area contributed by atoms with Crippen LogP contribution in [0.4, 0.5) is 9.59 Å². The van der Waals surface area contributed by atoms with Crippen LogP contribution in [0.3, 0.4) is 0 Å². The van der Waals surface area contributed by atoms with Crippen LogP contribution in [-0.2, 0) is 24.3 Å². The summed E-state index contributed by atoms with van der Waals surface area (Å²) in [5, 5.41) is 12.2. The Morgan fingerprint density at radius 1 is 0.979 bits per heavy atom. The smallest absolute Gasteiger partial charge is 0.418 e. The lowest BCUT2D eigenvalue weighted by molar-refractivity contribution is -0.929. The van der Waals surface area contributed by atoms with Crippen LogP contribution < -0.4 is 10.6 Å². The zero-order valence-electron chi connectivity index (χ0n) is 30.5. The van der Waals surface area contributed by atoms with Gasteiger partial charge in [0.15, 0.2) is 0 Å². The maximum absolute atomic E-state index is 12.7. The van der Waals surface area contributed by atoms with Crippen LogP contribution in [0.2, 0.25) is 0 Å². The molecule has 0 radical (unpaired) electrons. The van der Waals surface area contributed by atoms with Crippen LogP contribution >= 0.6 is 0 Å². The minimum atomic E-state index is -4.88. The van der Waals surface area contributed by atoms with Crippen molar-refractivity contribution in [2.75, 3.05) is 45.9 Å². The number of hydroxylamine groups is 3. The van der Waals surface area contributed by atoms with Crippen molar-refractivity contribution in [2.45, 2.75) is 143 Å². The number of hydrogen-bond acceptors (Lipinski definition) is 8. The van der Waals surface area contributed by atoms with Crippen molar-refractivity contribution in [2.24, 2.45) is 5.41 Å². The molecule has 0 spiro atoms. The van der Waals surface area contributed by atoms with Crippen LogP contribution in [-0.4, -0.2) is 114 Å². The lowest BCUT2D eigenvalue weighted by Gasteiger charge is -2.49. The van der Waals surface area contributed by atoms with E-state index in [4.69, 9.17) is 9.39 Å². The summed E-state index contributed by atoms with van der Waals surface area (Å²) in [6.45, 7) is 20.9. The minimum Gasteiger partial charge on any atom is -0.530 e. The first-order valence-electron chi connectivity index (χ1n) is 18.0. The molecule has 14 nitrogen and oxygen atoms in total. The zero-order valence-corrected chi connectivity index (χ0v) is 31.3. The van der Waals surface area contributed by atoms with Crippen molar-refractivity contribution in [3.05, 3.63) is 0 Å². The number of rotatable bonds is 18. The van der Waals surface area contributed by atoms with E-state index in [0.29, 0.717) is 24.4 Å². The molecule has 2 N–H and O–H groups in total. The van der Waals surface area contributed by atoms with Crippen LogP contribution in [0.1, 0.15) is 126 Å². The molecule has 0 aliphatic carbocycles. The Balaban J connectivity index is 0.000000401. The van der Waals surface area contributed by atoms with E-state index >= 15 is 0 Å². The second-order valence-electron chi connectivity index (χ2n) is 14.7. The number of amides is 4. The van der Waals surface area contributed by atoms with Crippen LogP contribution in [0, 0.1) is 5.41 Å². The molecule has 0 aromatic rings. The average Bonchev–Trinajstić information content (AvgIpc) is 3.56. The van der Waals surface area contributed by atoms with Crippen LogP contribution in [0.5, 0.6) is 0 Å². The first kappa shape index (κ1) is 42.0. The maximum Gasteiger partial charge on any atom is 0.418 e. The SMILES string of the molecule is CC(C)(C)[C@@]1(CONC(=O)[C@@H]2CC[C@@H]3CN2C(=O)N3OS(=O)(=O)O)CCCN1C(=O)[O-].CCCC[N+](CCCC)(CCCC)CCCC. The number of hydrogen-bond donors (Lipinski definition) is 2. The van der Waals surface area contributed by atoms with Gasteiger partial charge in [0.05, 0.1) is 44.4 Å². The molecule has 0 aromatic carbocycles. The van der Waals surface area contributed by atoms with Gasteiger partial charge in [-0.15, -0.1) is 4.28 Å².